The number of nitriles is 1. The van der Waals surface area contributed by atoms with Crippen molar-refractivity contribution in [1.82, 2.24) is 0 Å². The highest BCUT2D eigenvalue weighted by molar-refractivity contribution is 6.03. The molecule has 2 aromatic rings. The Morgan fingerprint density at radius 2 is 1.74 bits per heavy atom. The van der Waals surface area contributed by atoms with Gasteiger partial charge in [0.1, 0.15) is 6.07 Å². The van der Waals surface area contributed by atoms with Crippen molar-refractivity contribution in [2.24, 2.45) is 0 Å². The predicted molar refractivity (Wildman–Crippen MR) is 122 cm³/mol. The smallest absolute Gasteiger partial charge is 0.173 e. The second-order valence-electron chi connectivity index (χ2n) is 7.63. The molecule has 6 nitrogen and oxygen atoms in total. The van der Waals surface area contributed by atoms with Crippen molar-refractivity contribution in [2.75, 3.05) is 51.0 Å². The minimum atomic E-state index is -0.174. The first-order valence-corrected chi connectivity index (χ1v) is 10.9. The van der Waals surface area contributed by atoms with Crippen molar-refractivity contribution in [3.63, 3.8) is 0 Å². The summed E-state index contributed by atoms with van der Waals surface area (Å²) in [4.78, 5) is 14.8. The molecule has 6 heteroatoms. The van der Waals surface area contributed by atoms with Crippen molar-refractivity contribution in [3.8, 4) is 6.07 Å². The number of allylic oxidation sites excluding steroid dienone is 1. The van der Waals surface area contributed by atoms with Gasteiger partial charge in [0.25, 0.3) is 0 Å². The molecular formula is C25H30N2O4. The molecular weight excluding hydrogens is 392 g/mol. The standard InChI is InChI=1S/C25H30N2O4/c26-19-23(25(29)4-3-12-30-14-15-31-13-11-28)17-20-5-6-22-18-24(8-7-21(22)16-20)27-9-1-2-10-27/h5-8,16-18,28H,1-4,9-15H2/b23-17+. The predicted octanol–water partition coefficient (Wildman–Crippen LogP) is 3.72. The molecule has 0 amide bonds. The molecule has 0 aromatic heterocycles. The number of Topliss-reactive ketones (excluding diaryl/α,β-unsaturated/α-hetero) is 1. The molecule has 0 aliphatic carbocycles. The van der Waals surface area contributed by atoms with E-state index >= 15 is 0 Å². The zero-order chi connectivity index (χ0) is 21.9. The molecule has 1 aliphatic rings. The Balaban J connectivity index is 1.55. The number of benzene rings is 2. The molecule has 164 valence electrons. The van der Waals surface area contributed by atoms with Crippen molar-refractivity contribution in [3.05, 3.63) is 47.5 Å². The summed E-state index contributed by atoms with van der Waals surface area (Å²) in [5.41, 5.74) is 2.27. The number of aliphatic hydroxyl groups excluding tert-OH is 1. The molecule has 0 bridgehead atoms. The molecule has 1 N–H and O–H groups in total. The maximum absolute atomic E-state index is 12.4. The molecule has 31 heavy (non-hydrogen) atoms. The van der Waals surface area contributed by atoms with E-state index in [4.69, 9.17) is 14.6 Å². The second-order valence-corrected chi connectivity index (χ2v) is 7.63. The van der Waals surface area contributed by atoms with Crippen LogP contribution in [0.1, 0.15) is 31.2 Å². The Kier molecular flexibility index (Phi) is 9.04. The monoisotopic (exact) mass is 422 g/mol. The fourth-order valence-corrected chi connectivity index (χ4v) is 3.71. The first-order chi connectivity index (χ1) is 15.2. The van der Waals surface area contributed by atoms with Gasteiger partial charge < -0.3 is 19.5 Å². The molecule has 3 rings (SSSR count). The lowest BCUT2D eigenvalue weighted by molar-refractivity contribution is -0.115. The van der Waals surface area contributed by atoms with E-state index in [2.05, 4.69) is 23.1 Å². The van der Waals surface area contributed by atoms with Crippen LogP contribution in [0.5, 0.6) is 0 Å². The molecule has 2 aromatic carbocycles. The van der Waals surface area contributed by atoms with Gasteiger partial charge in [-0.1, -0.05) is 18.2 Å². The number of hydrogen-bond acceptors (Lipinski definition) is 6. The average molecular weight is 423 g/mol. The van der Waals surface area contributed by atoms with E-state index in [1.54, 1.807) is 6.08 Å². The maximum atomic E-state index is 12.4. The summed E-state index contributed by atoms with van der Waals surface area (Å²) >= 11 is 0. The highest BCUT2D eigenvalue weighted by Gasteiger charge is 2.13. The largest absolute Gasteiger partial charge is 0.394 e. The number of carbonyl (C=O) groups is 1. The Morgan fingerprint density at radius 3 is 2.48 bits per heavy atom. The van der Waals surface area contributed by atoms with Crippen LogP contribution in [0.25, 0.3) is 16.8 Å². The van der Waals surface area contributed by atoms with Crippen LogP contribution in [0, 0.1) is 11.3 Å². The Labute approximate surface area is 183 Å². The Hall–Kier alpha value is -2.72. The van der Waals surface area contributed by atoms with Crippen LogP contribution in [0.15, 0.2) is 42.0 Å². The third-order valence-corrected chi connectivity index (χ3v) is 5.35. The molecule has 0 saturated carbocycles. The number of hydrogen-bond donors (Lipinski definition) is 1. The van der Waals surface area contributed by atoms with E-state index < -0.39 is 0 Å². The van der Waals surface area contributed by atoms with Gasteiger partial charge in [0.15, 0.2) is 5.78 Å². The zero-order valence-corrected chi connectivity index (χ0v) is 17.9. The van der Waals surface area contributed by atoms with Gasteiger partial charge in [0.2, 0.25) is 0 Å². The fourth-order valence-electron chi connectivity index (χ4n) is 3.71. The van der Waals surface area contributed by atoms with Crippen molar-refractivity contribution >= 4 is 28.3 Å². The second kappa shape index (κ2) is 12.2. The number of ketones is 1. The highest BCUT2D eigenvalue weighted by atomic mass is 16.5. The first kappa shape index (κ1) is 23.0. The van der Waals surface area contributed by atoms with Gasteiger partial charge in [-0.15, -0.1) is 0 Å². The lowest BCUT2D eigenvalue weighted by atomic mass is 10.0. The Bertz CT molecular complexity index is 942. The quantitative estimate of drug-likeness (QED) is 0.319. The normalized spacial score (nSPS) is 14.2. The zero-order valence-electron chi connectivity index (χ0n) is 17.9. The summed E-state index contributed by atoms with van der Waals surface area (Å²) in [5, 5.41) is 20.3. The number of anilines is 1. The summed E-state index contributed by atoms with van der Waals surface area (Å²) in [7, 11) is 0. The maximum Gasteiger partial charge on any atom is 0.173 e. The van der Waals surface area contributed by atoms with E-state index in [0.717, 1.165) is 29.4 Å². The molecule has 0 spiro atoms. The van der Waals surface area contributed by atoms with Crippen LogP contribution in [-0.2, 0) is 14.3 Å². The van der Waals surface area contributed by atoms with Crippen LogP contribution < -0.4 is 4.90 Å². The molecule has 0 radical (unpaired) electrons. The van der Waals surface area contributed by atoms with Gasteiger partial charge in [-0.2, -0.15) is 5.26 Å². The van der Waals surface area contributed by atoms with Crippen molar-refractivity contribution < 1.29 is 19.4 Å². The summed E-state index contributed by atoms with van der Waals surface area (Å²) in [6.45, 7) is 3.79. The highest BCUT2D eigenvalue weighted by Crippen LogP contribution is 2.26. The van der Waals surface area contributed by atoms with Crippen molar-refractivity contribution in [2.45, 2.75) is 25.7 Å². The van der Waals surface area contributed by atoms with Crippen molar-refractivity contribution in [1.29, 1.82) is 5.26 Å². The number of rotatable bonds is 12. The van der Waals surface area contributed by atoms with Gasteiger partial charge in [0.05, 0.1) is 32.0 Å². The summed E-state index contributed by atoms with van der Waals surface area (Å²) < 4.78 is 10.5. The minimum absolute atomic E-state index is 0.00534. The number of carbonyl (C=O) groups excluding carboxylic acids is 1. The molecule has 1 aliphatic heterocycles. The molecule has 0 unspecified atom stereocenters. The van der Waals surface area contributed by atoms with E-state index in [0.29, 0.717) is 32.8 Å². The fraction of sp³-hybridized carbons (Fsp3) is 0.440. The average Bonchev–Trinajstić information content (AvgIpc) is 3.33. The van der Waals surface area contributed by atoms with Crippen LogP contribution >= 0.6 is 0 Å². The summed E-state index contributed by atoms with van der Waals surface area (Å²) in [6.07, 6.45) is 4.98. The van der Waals surface area contributed by atoms with Crippen LogP contribution in [0.2, 0.25) is 0 Å². The van der Waals surface area contributed by atoms with E-state index in [1.165, 1.54) is 18.5 Å². The molecule has 1 fully saturated rings. The number of aliphatic hydroxyl groups is 1. The summed E-state index contributed by atoms with van der Waals surface area (Å²) in [6, 6.07) is 14.5. The molecule has 0 atom stereocenters. The topological polar surface area (TPSA) is 82.8 Å². The van der Waals surface area contributed by atoms with Crippen LogP contribution in [-0.4, -0.2) is 57.0 Å². The SMILES string of the molecule is N#C/C(=C\c1ccc2cc(N3CCCC3)ccc2c1)C(=O)CCCOCCOCCO. The minimum Gasteiger partial charge on any atom is -0.394 e. The van der Waals surface area contributed by atoms with E-state index in [-0.39, 0.29) is 24.4 Å². The van der Waals surface area contributed by atoms with Gasteiger partial charge in [-0.3, -0.25) is 4.79 Å². The number of nitrogens with zero attached hydrogens (tertiary/aromatic N) is 2. The Morgan fingerprint density at radius 1 is 1.03 bits per heavy atom. The third-order valence-electron chi connectivity index (χ3n) is 5.35. The van der Waals surface area contributed by atoms with Crippen LogP contribution in [0.3, 0.4) is 0 Å². The van der Waals surface area contributed by atoms with Gasteiger partial charge in [-0.25, -0.2) is 0 Å². The van der Waals surface area contributed by atoms with E-state index in [1.807, 2.05) is 24.3 Å². The molecule has 1 saturated heterocycles. The summed E-state index contributed by atoms with van der Waals surface area (Å²) in [5.74, 6) is -0.174. The lowest BCUT2D eigenvalue weighted by Gasteiger charge is -2.18. The first-order valence-electron chi connectivity index (χ1n) is 10.9. The number of ether oxygens (including phenoxy) is 2. The van der Waals surface area contributed by atoms with Crippen LogP contribution in [0.4, 0.5) is 5.69 Å². The van der Waals surface area contributed by atoms with E-state index in [9.17, 15) is 10.1 Å². The third kappa shape index (κ3) is 6.90. The van der Waals surface area contributed by atoms with Gasteiger partial charge in [-0.05, 0) is 59.9 Å². The molecule has 1 heterocycles. The van der Waals surface area contributed by atoms with Gasteiger partial charge in [0, 0.05) is 31.8 Å². The number of fused-ring (bicyclic) bond motifs is 1. The van der Waals surface area contributed by atoms with Gasteiger partial charge >= 0.3 is 0 Å². The lowest BCUT2D eigenvalue weighted by Crippen LogP contribution is -2.17.